The van der Waals surface area contributed by atoms with Gasteiger partial charge in [0.2, 0.25) is 5.91 Å². The molecule has 0 saturated heterocycles. The van der Waals surface area contributed by atoms with Crippen LogP contribution < -0.4 is 16.8 Å². The second-order valence-electron chi connectivity index (χ2n) is 5.82. The average molecular weight is 332 g/mol. The SMILES string of the molecule is CC(=O)Nc1cccc(-c2cc3[nH]c(N)nc(N)c3c3ccnc23)c1. The highest BCUT2D eigenvalue weighted by Gasteiger charge is 2.14. The molecule has 0 aliphatic rings. The maximum atomic E-state index is 11.3. The second-order valence-corrected chi connectivity index (χ2v) is 5.82. The highest BCUT2D eigenvalue weighted by molar-refractivity contribution is 6.15. The van der Waals surface area contributed by atoms with Crippen molar-refractivity contribution in [1.82, 2.24) is 15.0 Å². The molecule has 0 spiro atoms. The number of hydrogen-bond acceptors (Lipinski definition) is 5. The van der Waals surface area contributed by atoms with Crippen LogP contribution in [0.2, 0.25) is 0 Å². The van der Waals surface area contributed by atoms with Gasteiger partial charge in [-0.15, -0.1) is 0 Å². The zero-order chi connectivity index (χ0) is 17.6. The third-order valence-corrected chi connectivity index (χ3v) is 4.04. The highest BCUT2D eigenvalue weighted by atomic mass is 16.1. The number of carbonyl (C=O) groups is 1. The third kappa shape index (κ3) is 2.51. The summed E-state index contributed by atoms with van der Waals surface area (Å²) in [4.78, 5) is 23.0. The van der Waals surface area contributed by atoms with Gasteiger partial charge in [-0.1, -0.05) is 12.1 Å². The van der Waals surface area contributed by atoms with E-state index in [9.17, 15) is 4.79 Å². The molecule has 0 bridgehead atoms. The lowest BCUT2D eigenvalue weighted by atomic mass is 9.99. The first-order chi connectivity index (χ1) is 12.0. The topological polar surface area (TPSA) is 123 Å². The van der Waals surface area contributed by atoms with Crippen LogP contribution in [-0.4, -0.2) is 20.9 Å². The van der Waals surface area contributed by atoms with Crippen molar-refractivity contribution < 1.29 is 4.79 Å². The largest absolute Gasteiger partial charge is 0.383 e. The molecule has 0 aliphatic heterocycles. The number of hydrogen-bond donors (Lipinski definition) is 4. The number of nitrogen functional groups attached to an aromatic ring is 2. The van der Waals surface area contributed by atoms with Gasteiger partial charge in [-0.2, -0.15) is 4.98 Å². The fourth-order valence-corrected chi connectivity index (χ4v) is 3.10. The van der Waals surface area contributed by atoms with Gasteiger partial charge >= 0.3 is 0 Å². The van der Waals surface area contributed by atoms with E-state index in [0.717, 1.165) is 38.6 Å². The molecule has 1 amide bonds. The summed E-state index contributed by atoms with van der Waals surface area (Å²) in [6.45, 7) is 1.48. The number of nitrogens with one attached hydrogen (secondary N) is 2. The Hall–Kier alpha value is -3.61. The van der Waals surface area contributed by atoms with Crippen LogP contribution in [0, 0.1) is 0 Å². The lowest BCUT2D eigenvalue weighted by Crippen LogP contribution is -2.05. The van der Waals surface area contributed by atoms with E-state index in [1.54, 1.807) is 6.20 Å². The van der Waals surface area contributed by atoms with Gasteiger partial charge in [0.15, 0.2) is 5.95 Å². The van der Waals surface area contributed by atoms with Crippen LogP contribution in [0.3, 0.4) is 0 Å². The maximum Gasteiger partial charge on any atom is 0.221 e. The Morgan fingerprint density at radius 1 is 1.20 bits per heavy atom. The number of amides is 1. The van der Waals surface area contributed by atoms with E-state index in [0.29, 0.717) is 5.82 Å². The Balaban J connectivity index is 2.01. The van der Waals surface area contributed by atoms with Gasteiger partial charge in [-0.05, 0) is 29.8 Å². The Morgan fingerprint density at radius 2 is 2.04 bits per heavy atom. The summed E-state index contributed by atoms with van der Waals surface area (Å²) in [5.74, 6) is 0.497. The summed E-state index contributed by atoms with van der Waals surface area (Å²) in [6, 6.07) is 11.5. The molecule has 0 radical (unpaired) electrons. The molecule has 0 saturated carbocycles. The standard InChI is InChI=1S/C18H16N6O/c1-9(25)22-11-4-2-3-10(7-11)13-8-14-15(12-5-6-21-16(12)13)17(19)24-18(20)23-14/h2-8H,19H2,1H3,(H,22,25)(H3,20,23,24). The van der Waals surface area contributed by atoms with E-state index in [4.69, 9.17) is 11.5 Å². The van der Waals surface area contributed by atoms with E-state index in [1.165, 1.54) is 6.92 Å². The first kappa shape index (κ1) is 14.9. The Kier molecular flexibility index (Phi) is 3.28. The van der Waals surface area contributed by atoms with Crippen molar-refractivity contribution in [2.45, 2.75) is 6.92 Å². The fourth-order valence-electron chi connectivity index (χ4n) is 3.10. The molecule has 7 heteroatoms. The Bertz CT molecular complexity index is 1130. The number of anilines is 3. The predicted octanol–water partition coefficient (Wildman–Crippen LogP) is 2.90. The van der Waals surface area contributed by atoms with Crippen LogP contribution in [0.1, 0.15) is 6.92 Å². The summed E-state index contributed by atoms with van der Waals surface area (Å²) >= 11 is 0. The summed E-state index contributed by atoms with van der Waals surface area (Å²) in [6.07, 6.45) is 1.74. The summed E-state index contributed by atoms with van der Waals surface area (Å²) in [5, 5.41) is 4.49. The molecule has 2 heterocycles. The van der Waals surface area contributed by atoms with Crippen LogP contribution in [0.5, 0.6) is 0 Å². The van der Waals surface area contributed by atoms with Crippen molar-refractivity contribution in [3.05, 3.63) is 42.6 Å². The minimum Gasteiger partial charge on any atom is -0.383 e. The normalized spacial score (nSPS) is 11.1. The number of benzene rings is 2. The number of rotatable bonds is 2. The summed E-state index contributed by atoms with van der Waals surface area (Å²) < 4.78 is 0. The number of aromatic nitrogens is 3. The second kappa shape index (κ2) is 5.48. The molecule has 0 unspecified atom stereocenters. The molecule has 0 atom stereocenters. The van der Waals surface area contributed by atoms with E-state index in [1.807, 2.05) is 36.4 Å². The van der Waals surface area contributed by atoms with Crippen molar-refractivity contribution in [3.8, 4) is 11.1 Å². The first-order valence-corrected chi connectivity index (χ1v) is 7.73. The monoisotopic (exact) mass is 332 g/mol. The molecule has 7 nitrogen and oxygen atoms in total. The molecular weight excluding hydrogens is 316 g/mol. The van der Waals surface area contributed by atoms with Crippen molar-refractivity contribution in [1.29, 1.82) is 0 Å². The van der Waals surface area contributed by atoms with Crippen molar-refractivity contribution in [2.75, 3.05) is 16.8 Å². The lowest BCUT2D eigenvalue weighted by Gasteiger charge is -2.11. The van der Waals surface area contributed by atoms with Crippen molar-refractivity contribution in [2.24, 2.45) is 0 Å². The van der Waals surface area contributed by atoms with Crippen LogP contribution in [0.25, 0.3) is 32.9 Å². The average Bonchev–Trinajstić information content (AvgIpc) is 3.02. The quantitative estimate of drug-likeness (QED) is 0.449. The van der Waals surface area contributed by atoms with Crippen LogP contribution in [-0.2, 0) is 4.79 Å². The van der Waals surface area contributed by atoms with Crippen molar-refractivity contribution in [3.63, 3.8) is 0 Å². The number of nitrogens with two attached hydrogens (primary N) is 2. The van der Waals surface area contributed by atoms with Crippen LogP contribution in [0.4, 0.5) is 17.5 Å². The number of H-pyrrole nitrogens is 1. The van der Waals surface area contributed by atoms with Gasteiger partial charge in [0, 0.05) is 35.1 Å². The highest BCUT2D eigenvalue weighted by Crippen LogP contribution is 2.36. The minimum atomic E-state index is -0.118. The molecular formula is C18H16N6O. The number of fused-ring (bicyclic) bond motifs is 3. The number of carbonyl (C=O) groups excluding carboxylic acids is 1. The minimum absolute atomic E-state index is 0.118. The molecule has 124 valence electrons. The van der Waals surface area contributed by atoms with Gasteiger partial charge in [-0.3, -0.25) is 9.78 Å². The molecule has 6 N–H and O–H groups in total. The van der Waals surface area contributed by atoms with Gasteiger partial charge in [0.1, 0.15) is 5.82 Å². The summed E-state index contributed by atoms with van der Waals surface area (Å²) in [7, 11) is 0. The zero-order valence-corrected chi connectivity index (χ0v) is 13.5. The number of nitrogens with zero attached hydrogens (tertiary/aromatic N) is 2. The molecule has 2 aromatic carbocycles. The molecule has 2 aromatic heterocycles. The van der Waals surface area contributed by atoms with Gasteiger partial charge < -0.3 is 21.8 Å². The Morgan fingerprint density at radius 3 is 2.84 bits per heavy atom. The Labute approximate surface area is 143 Å². The molecule has 25 heavy (non-hydrogen) atoms. The number of aromatic amines is 1. The van der Waals surface area contributed by atoms with E-state index < -0.39 is 0 Å². The zero-order valence-electron chi connectivity index (χ0n) is 13.5. The fraction of sp³-hybridized carbons (Fsp3) is 0.0556. The molecule has 4 aromatic rings. The van der Waals surface area contributed by atoms with Crippen LogP contribution in [0.15, 0.2) is 42.6 Å². The molecule has 0 aliphatic carbocycles. The first-order valence-electron chi connectivity index (χ1n) is 7.73. The predicted molar refractivity (Wildman–Crippen MR) is 100.0 cm³/mol. The van der Waals surface area contributed by atoms with Gasteiger partial charge in [-0.25, -0.2) is 0 Å². The van der Waals surface area contributed by atoms with E-state index in [2.05, 4.69) is 20.3 Å². The molecule has 0 fully saturated rings. The van der Waals surface area contributed by atoms with E-state index >= 15 is 0 Å². The third-order valence-electron chi connectivity index (χ3n) is 4.04. The smallest absolute Gasteiger partial charge is 0.221 e. The van der Waals surface area contributed by atoms with Gasteiger partial charge in [0.05, 0.1) is 11.0 Å². The summed E-state index contributed by atoms with van der Waals surface area (Å²) in [5.41, 5.74) is 16.0. The van der Waals surface area contributed by atoms with E-state index in [-0.39, 0.29) is 11.9 Å². The van der Waals surface area contributed by atoms with Crippen molar-refractivity contribution >= 4 is 45.2 Å². The van der Waals surface area contributed by atoms with Crippen LogP contribution >= 0.6 is 0 Å². The maximum absolute atomic E-state index is 11.3. The molecule has 4 rings (SSSR count). The van der Waals surface area contributed by atoms with Gasteiger partial charge in [0.25, 0.3) is 0 Å². The lowest BCUT2D eigenvalue weighted by molar-refractivity contribution is -0.114.